The van der Waals surface area contributed by atoms with Gasteiger partial charge < -0.3 is 46.7 Å². The van der Waals surface area contributed by atoms with Crippen molar-refractivity contribution in [3.63, 3.8) is 0 Å². The molecule has 2 heterocycles. The zero-order valence-electron chi connectivity index (χ0n) is 34.4. The van der Waals surface area contributed by atoms with E-state index < -0.39 is 53.9 Å². The number of ether oxygens (including phenoxy) is 2. The number of amides is 5. The predicted octanol–water partition coefficient (Wildman–Crippen LogP) is 0.784. The predicted molar refractivity (Wildman–Crippen MR) is 219 cm³/mol. The SMILES string of the molecule is CC(C)[C@H](NC(=O)NCCN1CCOCC1)C(=O)NN(Cc1ccc(O)cc1)CC(O)C(C(=O)[C@@H](NC(=O)NCCN1CCOCC1)C(C)C)C(N)c1ccccc1. The summed E-state index contributed by atoms with van der Waals surface area (Å²) in [5.41, 5.74) is 11.0. The summed E-state index contributed by atoms with van der Waals surface area (Å²) in [5.74, 6) is -2.84. The first-order chi connectivity index (χ1) is 27.8. The first-order valence-electron chi connectivity index (χ1n) is 20.4. The highest BCUT2D eigenvalue weighted by Crippen LogP contribution is 2.27. The highest BCUT2D eigenvalue weighted by atomic mass is 16.5. The van der Waals surface area contributed by atoms with Crippen LogP contribution < -0.4 is 32.4 Å². The number of nitrogens with zero attached hydrogens (tertiary/aromatic N) is 3. The number of hydrazine groups is 1. The van der Waals surface area contributed by atoms with E-state index in [4.69, 9.17) is 15.2 Å². The Labute approximate surface area is 342 Å². The number of urea groups is 2. The van der Waals surface area contributed by atoms with Crippen LogP contribution in [0.4, 0.5) is 9.59 Å². The van der Waals surface area contributed by atoms with Crippen molar-refractivity contribution in [1.82, 2.24) is 41.5 Å². The maximum absolute atomic E-state index is 14.6. The third-order valence-electron chi connectivity index (χ3n) is 10.4. The van der Waals surface area contributed by atoms with E-state index in [2.05, 4.69) is 36.5 Å². The number of phenols is 1. The molecule has 5 amide bonds. The van der Waals surface area contributed by atoms with Gasteiger partial charge in [-0.1, -0.05) is 70.2 Å². The highest BCUT2D eigenvalue weighted by Gasteiger charge is 2.40. The zero-order chi connectivity index (χ0) is 42.0. The molecule has 5 atom stereocenters. The molecular formula is C41H65N9O8. The van der Waals surface area contributed by atoms with Crippen molar-refractivity contribution in [2.45, 2.75) is 58.5 Å². The molecule has 0 aliphatic carbocycles. The smallest absolute Gasteiger partial charge is 0.315 e. The monoisotopic (exact) mass is 811 g/mol. The van der Waals surface area contributed by atoms with Crippen LogP contribution in [0.2, 0.25) is 0 Å². The van der Waals surface area contributed by atoms with E-state index in [0.29, 0.717) is 63.7 Å². The fraction of sp³-hybridized carbons (Fsp3) is 0.610. The molecule has 0 radical (unpaired) electrons. The molecule has 2 aliphatic rings. The number of carbonyl (C=O) groups is 4. The van der Waals surface area contributed by atoms with Crippen LogP contribution >= 0.6 is 0 Å². The van der Waals surface area contributed by atoms with Crippen molar-refractivity contribution < 1.29 is 38.9 Å². The molecule has 2 saturated heterocycles. The second-order valence-electron chi connectivity index (χ2n) is 15.6. The number of rotatable bonds is 21. The Bertz CT molecular complexity index is 1560. The number of hydrogen-bond donors (Lipinski definition) is 8. The molecule has 322 valence electrons. The molecule has 0 saturated carbocycles. The fourth-order valence-corrected chi connectivity index (χ4v) is 7.02. The molecule has 3 unspecified atom stereocenters. The number of ketones is 1. The maximum atomic E-state index is 14.6. The van der Waals surface area contributed by atoms with Crippen molar-refractivity contribution in [1.29, 1.82) is 0 Å². The lowest BCUT2D eigenvalue weighted by Gasteiger charge is -2.35. The van der Waals surface area contributed by atoms with Gasteiger partial charge in [-0.2, -0.15) is 0 Å². The van der Waals surface area contributed by atoms with Gasteiger partial charge in [0, 0.05) is 71.5 Å². The van der Waals surface area contributed by atoms with Crippen LogP contribution in [-0.4, -0.2) is 152 Å². The van der Waals surface area contributed by atoms with Gasteiger partial charge in [0.2, 0.25) is 0 Å². The van der Waals surface area contributed by atoms with Gasteiger partial charge in [-0.05, 0) is 35.1 Å². The number of carbonyl (C=O) groups excluding carboxylic acids is 4. The first-order valence-corrected chi connectivity index (χ1v) is 20.4. The van der Waals surface area contributed by atoms with E-state index in [-0.39, 0.29) is 30.7 Å². The van der Waals surface area contributed by atoms with Gasteiger partial charge >= 0.3 is 12.1 Å². The van der Waals surface area contributed by atoms with Crippen LogP contribution in [-0.2, 0) is 25.6 Å². The molecule has 17 nitrogen and oxygen atoms in total. The van der Waals surface area contributed by atoms with E-state index in [0.717, 1.165) is 26.2 Å². The Morgan fingerprint density at radius 1 is 0.759 bits per heavy atom. The van der Waals surface area contributed by atoms with Crippen molar-refractivity contribution in [2.75, 3.05) is 85.3 Å². The van der Waals surface area contributed by atoms with Crippen LogP contribution in [0.1, 0.15) is 44.9 Å². The number of morpholine rings is 2. The van der Waals surface area contributed by atoms with E-state index in [9.17, 15) is 29.4 Å². The normalized spacial score (nSPS) is 17.9. The minimum Gasteiger partial charge on any atom is -0.508 e. The Hall–Kier alpha value is -4.36. The highest BCUT2D eigenvalue weighted by molar-refractivity contribution is 5.91. The van der Waals surface area contributed by atoms with Crippen molar-refractivity contribution >= 4 is 23.8 Å². The van der Waals surface area contributed by atoms with Crippen LogP contribution in [0.25, 0.3) is 0 Å². The number of aromatic hydroxyl groups is 1. The Kier molecular flexibility index (Phi) is 19.1. The molecule has 2 aliphatic heterocycles. The number of nitrogens with two attached hydrogens (primary N) is 1. The van der Waals surface area contributed by atoms with Crippen molar-refractivity contribution in [2.24, 2.45) is 23.5 Å². The van der Waals surface area contributed by atoms with Gasteiger partial charge in [0.15, 0.2) is 5.78 Å². The summed E-state index contributed by atoms with van der Waals surface area (Å²) in [7, 11) is 0. The molecular weight excluding hydrogens is 747 g/mol. The molecule has 2 fully saturated rings. The molecule has 0 bridgehead atoms. The summed E-state index contributed by atoms with van der Waals surface area (Å²) in [6.07, 6.45) is -1.44. The standard InChI is InChI=1S/C41H65N9O8/c1-28(2)36(45-40(55)43-14-16-48-18-22-57-23-19-48)38(53)34(35(42)31-8-6-5-7-9-31)33(52)27-50(26-30-10-12-32(51)13-11-30)47-39(54)37(29(3)4)46-41(56)44-15-17-49-20-24-58-25-21-49/h5-13,28-29,33-37,51-52H,14-27,42H2,1-4H3,(H,47,54)(H2,43,45,55)(H2,44,46,56)/t33?,34?,35?,36-,37-/m0/s1. The number of Topliss-reactive ketones (excluding diaryl/α,β-unsaturated/α-hetero) is 1. The first kappa shape index (κ1) is 46.3. The van der Waals surface area contributed by atoms with Crippen LogP contribution in [0, 0.1) is 17.8 Å². The number of nitrogens with one attached hydrogen (secondary N) is 5. The largest absolute Gasteiger partial charge is 0.508 e. The third kappa shape index (κ3) is 15.1. The molecule has 17 heteroatoms. The number of hydrogen-bond acceptors (Lipinski definition) is 12. The third-order valence-corrected chi connectivity index (χ3v) is 10.4. The number of phenolic OH excluding ortho intramolecular Hbond substituents is 1. The van der Waals surface area contributed by atoms with Gasteiger partial charge in [0.25, 0.3) is 5.91 Å². The molecule has 58 heavy (non-hydrogen) atoms. The Morgan fingerprint density at radius 3 is 1.76 bits per heavy atom. The average Bonchev–Trinajstić information content (AvgIpc) is 3.20. The summed E-state index contributed by atoms with van der Waals surface area (Å²) >= 11 is 0. The lowest BCUT2D eigenvalue weighted by molar-refractivity contribution is -0.133. The number of benzene rings is 2. The molecule has 2 aromatic carbocycles. The van der Waals surface area contributed by atoms with E-state index in [1.54, 1.807) is 36.4 Å². The van der Waals surface area contributed by atoms with Crippen molar-refractivity contribution in [3.05, 3.63) is 65.7 Å². The van der Waals surface area contributed by atoms with E-state index in [1.807, 2.05) is 33.8 Å². The van der Waals surface area contributed by atoms with Gasteiger partial charge in [-0.15, -0.1) is 0 Å². The minimum absolute atomic E-state index is 0.0555. The van der Waals surface area contributed by atoms with Crippen LogP contribution in [0.5, 0.6) is 5.75 Å². The van der Waals surface area contributed by atoms with Crippen LogP contribution in [0.3, 0.4) is 0 Å². The summed E-state index contributed by atoms with van der Waals surface area (Å²) in [4.78, 5) is 59.1. The van der Waals surface area contributed by atoms with E-state index in [1.165, 1.54) is 17.1 Å². The molecule has 9 N–H and O–H groups in total. The average molecular weight is 812 g/mol. The summed E-state index contributed by atoms with van der Waals surface area (Å²) in [6, 6.07) is 11.4. The summed E-state index contributed by atoms with van der Waals surface area (Å²) < 4.78 is 10.8. The molecule has 0 aromatic heterocycles. The Balaban J connectivity index is 1.51. The second kappa shape index (κ2) is 23.9. The summed E-state index contributed by atoms with van der Waals surface area (Å²) in [5, 5.41) is 34.8. The minimum atomic E-state index is -1.44. The lowest BCUT2D eigenvalue weighted by Crippen LogP contribution is -2.59. The number of aliphatic hydroxyl groups excluding tert-OH is 1. The van der Waals surface area contributed by atoms with Gasteiger partial charge in [-0.25, -0.2) is 14.6 Å². The van der Waals surface area contributed by atoms with Gasteiger partial charge in [-0.3, -0.25) is 24.8 Å². The van der Waals surface area contributed by atoms with Gasteiger partial charge in [0.1, 0.15) is 11.8 Å². The molecule has 4 rings (SSSR count). The molecule has 2 aromatic rings. The zero-order valence-corrected chi connectivity index (χ0v) is 34.4. The van der Waals surface area contributed by atoms with E-state index >= 15 is 0 Å². The van der Waals surface area contributed by atoms with Crippen molar-refractivity contribution in [3.8, 4) is 5.75 Å². The van der Waals surface area contributed by atoms with Gasteiger partial charge in [0.05, 0.1) is 44.5 Å². The Morgan fingerprint density at radius 2 is 1.26 bits per heavy atom. The lowest BCUT2D eigenvalue weighted by atomic mass is 9.80. The fourth-order valence-electron chi connectivity index (χ4n) is 7.02. The van der Waals surface area contributed by atoms with Crippen LogP contribution in [0.15, 0.2) is 54.6 Å². The molecule has 0 spiro atoms. The number of aliphatic hydroxyl groups is 1. The topological polar surface area (TPSA) is 223 Å². The summed E-state index contributed by atoms with van der Waals surface area (Å²) in [6.45, 7) is 14.8. The maximum Gasteiger partial charge on any atom is 0.315 e. The second-order valence-corrected chi connectivity index (χ2v) is 15.6. The quantitative estimate of drug-likeness (QED) is 0.0821.